The molecule has 0 saturated heterocycles. The number of aromatic amines is 1. The third-order valence-corrected chi connectivity index (χ3v) is 1.32. The Bertz CT molecular complexity index is 264. The Morgan fingerprint density at radius 1 is 1.67 bits per heavy atom. The van der Waals surface area contributed by atoms with E-state index >= 15 is 0 Å². The van der Waals surface area contributed by atoms with Crippen molar-refractivity contribution in [2.24, 2.45) is 4.99 Å². The summed E-state index contributed by atoms with van der Waals surface area (Å²) in [6.45, 7) is 3.36. The lowest BCUT2D eigenvalue weighted by Crippen LogP contribution is -1.68. The Morgan fingerprint density at radius 3 is 2.89 bits per heavy atom. The molecule has 1 N–H and O–H groups in total. The summed E-state index contributed by atoms with van der Waals surface area (Å²) >= 11 is 4.90. The molecule has 0 unspecified atom stereocenters. The zero-order valence-corrected chi connectivity index (χ0v) is 5.61. The minimum absolute atomic E-state index is 0.726. The van der Waals surface area contributed by atoms with E-state index in [0.717, 1.165) is 10.2 Å². The summed E-state index contributed by atoms with van der Waals surface area (Å²) < 4.78 is 0.726. The highest BCUT2D eigenvalue weighted by Crippen LogP contribution is 2.08. The summed E-state index contributed by atoms with van der Waals surface area (Å²) in [5, 5.41) is 0. The molecule has 9 heavy (non-hydrogen) atoms. The number of hydrogen-bond donors (Lipinski definition) is 1. The molecule has 1 aromatic rings. The van der Waals surface area contributed by atoms with E-state index in [9.17, 15) is 0 Å². The van der Waals surface area contributed by atoms with Gasteiger partial charge in [0.25, 0.3) is 0 Å². The second kappa shape index (κ2) is 2.55. The standard InChI is InChI=1S/C6H6N2S/c1-7-5-4-8-3-2-6(5)9/h2-4H,1H2,(H,8,9). The first-order valence-electron chi connectivity index (χ1n) is 2.48. The Hall–Kier alpha value is -0.960. The zero-order valence-electron chi connectivity index (χ0n) is 4.79. The van der Waals surface area contributed by atoms with Crippen molar-refractivity contribution < 1.29 is 0 Å². The van der Waals surface area contributed by atoms with Gasteiger partial charge in [0, 0.05) is 12.4 Å². The molecule has 3 heteroatoms. The number of H-pyrrole nitrogens is 1. The van der Waals surface area contributed by atoms with E-state index in [1.807, 2.05) is 0 Å². The van der Waals surface area contributed by atoms with Crippen molar-refractivity contribution in [1.29, 1.82) is 0 Å². The molecule has 0 saturated carbocycles. The highest BCUT2D eigenvalue weighted by atomic mass is 32.1. The van der Waals surface area contributed by atoms with E-state index in [1.54, 1.807) is 18.5 Å². The van der Waals surface area contributed by atoms with Crippen molar-refractivity contribution in [2.45, 2.75) is 0 Å². The molecule has 1 aromatic heterocycles. The van der Waals surface area contributed by atoms with Crippen LogP contribution in [0.15, 0.2) is 23.5 Å². The monoisotopic (exact) mass is 138 g/mol. The average molecular weight is 138 g/mol. The molecule has 0 radical (unpaired) electrons. The molecule has 0 aliphatic rings. The first kappa shape index (κ1) is 6.16. The summed E-state index contributed by atoms with van der Waals surface area (Å²) in [6, 6.07) is 1.78. The summed E-state index contributed by atoms with van der Waals surface area (Å²) in [7, 11) is 0. The normalized spacial score (nSPS) is 8.89. The highest BCUT2D eigenvalue weighted by Gasteiger charge is 1.84. The number of rotatable bonds is 1. The van der Waals surface area contributed by atoms with Crippen LogP contribution < -0.4 is 0 Å². The van der Waals surface area contributed by atoms with Crippen molar-refractivity contribution in [2.75, 3.05) is 0 Å². The lowest BCUT2D eigenvalue weighted by atomic mass is 10.4. The fraction of sp³-hybridized carbons (Fsp3) is 0. The minimum Gasteiger partial charge on any atom is -0.366 e. The van der Waals surface area contributed by atoms with Crippen LogP contribution in [0, 0.1) is 4.51 Å². The van der Waals surface area contributed by atoms with E-state index < -0.39 is 0 Å². The maximum Gasteiger partial charge on any atom is 0.0963 e. The SMILES string of the molecule is C=Nc1c[nH]ccc1=S. The van der Waals surface area contributed by atoms with Crippen molar-refractivity contribution in [3.8, 4) is 0 Å². The highest BCUT2D eigenvalue weighted by molar-refractivity contribution is 7.71. The molecular formula is C6H6N2S. The van der Waals surface area contributed by atoms with Crippen LogP contribution in [-0.2, 0) is 0 Å². The van der Waals surface area contributed by atoms with Crippen molar-refractivity contribution in [3.05, 3.63) is 23.0 Å². The zero-order chi connectivity index (χ0) is 6.69. The number of aliphatic imine (C=N–C) groups is 1. The van der Waals surface area contributed by atoms with Crippen LogP contribution in [0.2, 0.25) is 0 Å². The van der Waals surface area contributed by atoms with Gasteiger partial charge in [-0.2, -0.15) is 0 Å². The van der Waals surface area contributed by atoms with Crippen LogP contribution in [0.1, 0.15) is 0 Å². The predicted molar refractivity (Wildman–Crippen MR) is 40.8 cm³/mol. The van der Waals surface area contributed by atoms with Crippen LogP contribution >= 0.6 is 12.2 Å². The third kappa shape index (κ3) is 1.23. The number of pyridine rings is 1. The van der Waals surface area contributed by atoms with Gasteiger partial charge in [-0.25, -0.2) is 0 Å². The Balaban J connectivity index is 3.32. The molecule has 1 rings (SSSR count). The Kier molecular flexibility index (Phi) is 1.75. The predicted octanol–water partition coefficient (Wildman–Crippen LogP) is 2.08. The number of hydrogen-bond acceptors (Lipinski definition) is 2. The van der Waals surface area contributed by atoms with Crippen LogP contribution in [-0.4, -0.2) is 11.7 Å². The minimum atomic E-state index is 0.726. The lowest BCUT2D eigenvalue weighted by Gasteiger charge is -1.88. The van der Waals surface area contributed by atoms with Crippen LogP contribution in [0.3, 0.4) is 0 Å². The molecule has 0 aliphatic heterocycles. The van der Waals surface area contributed by atoms with Gasteiger partial charge >= 0.3 is 0 Å². The molecule has 46 valence electrons. The van der Waals surface area contributed by atoms with Gasteiger partial charge in [-0.15, -0.1) is 0 Å². The van der Waals surface area contributed by atoms with E-state index in [4.69, 9.17) is 12.2 Å². The largest absolute Gasteiger partial charge is 0.366 e. The fourth-order valence-electron chi connectivity index (χ4n) is 0.531. The van der Waals surface area contributed by atoms with Crippen molar-refractivity contribution >= 4 is 24.6 Å². The summed E-state index contributed by atoms with van der Waals surface area (Å²) in [5.41, 5.74) is 0.729. The van der Waals surface area contributed by atoms with Crippen LogP contribution in [0.5, 0.6) is 0 Å². The molecule has 0 spiro atoms. The van der Waals surface area contributed by atoms with Gasteiger partial charge in [0.2, 0.25) is 0 Å². The van der Waals surface area contributed by atoms with E-state index in [-0.39, 0.29) is 0 Å². The van der Waals surface area contributed by atoms with Gasteiger partial charge in [-0.1, -0.05) is 12.2 Å². The molecule has 0 atom stereocenters. The van der Waals surface area contributed by atoms with Crippen LogP contribution in [0.4, 0.5) is 5.69 Å². The summed E-state index contributed by atoms with van der Waals surface area (Å²) in [5.74, 6) is 0. The third-order valence-electron chi connectivity index (χ3n) is 0.974. The summed E-state index contributed by atoms with van der Waals surface area (Å²) in [6.07, 6.45) is 3.48. The molecular weight excluding hydrogens is 132 g/mol. The van der Waals surface area contributed by atoms with Crippen molar-refractivity contribution in [1.82, 2.24) is 4.98 Å². The molecule has 1 heterocycles. The first-order valence-corrected chi connectivity index (χ1v) is 2.89. The molecule has 0 amide bonds. The van der Waals surface area contributed by atoms with Gasteiger partial charge in [0.15, 0.2) is 0 Å². The number of nitrogens with one attached hydrogen (secondary N) is 1. The van der Waals surface area contributed by atoms with E-state index in [1.165, 1.54) is 0 Å². The first-order chi connectivity index (χ1) is 4.34. The topological polar surface area (TPSA) is 28.1 Å². The number of aromatic nitrogens is 1. The van der Waals surface area contributed by atoms with E-state index in [2.05, 4.69) is 16.7 Å². The lowest BCUT2D eigenvalue weighted by molar-refractivity contribution is 1.30. The fourth-order valence-corrected chi connectivity index (χ4v) is 0.722. The van der Waals surface area contributed by atoms with Gasteiger partial charge < -0.3 is 4.98 Å². The second-order valence-electron chi connectivity index (χ2n) is 1.55. The van der Waals surface area contributed by atoms with E-state index in [0.29, 0.717) is 0 Å². The smallest absolute Gasteiger partial charge is 0.0963 e. The Morgan fingerprint density at radius 2 is 2.44 bits per heavy atom. The van der Waals surface area contributed by atoms with Gasteiger partial charge in [0.05, 0.1) is 10.2 Å². The molecule has 0 aliphatic carbocycles. The maximum absolute atomic E-state index is 4.90. The second-order valence-corrected chi connectivity index (χ2v) is 1.99. The average Bonchev–Trinajstić information content (AvgIpc) is 1.89. The van der Waals surface area contributed by atoms with Gasteiger partial charge in [-0.05, 0) is 12.8 Å². The van der Waals surface area contributed by atoms with Gasteiger partial charge in [0.1, 0.15) is 0 Å². The summed E-state index contributed by atoms with van der Waals surface area (Å²) in [4.78, 5) is 6.54. The molecule has 0 aromatic carbocycles. The number of nitrogens with zero attached hydrogens (tertiary/aromatic N) is 1. The van der Waals surface area contributed by atoms with Gasteiger partial charge in [-0.3, -0.25) is 4.99 Å². The molecule has 0 fully saturated rings. The molecule has 2 nitrogen and oxygen atoms in total. The quantitative estimate of drug-likeness (QED) is 0.467. The van der Waals surface area contributed by atoms with Crippen molar-refractivity contribution in [3.63, 3.8) is 0 Å². The molecule has 0 bridgehead atoms. The van der Waals surface area contributed by atoms with Crippen LogP contribution in [0.25, 0.3) is 0 Å². The maximum atomic E-state index is 4.90. The Labute approximate surface area is 58.3 Å².